The molecule has 0 unspecified atom stereocenters. The van der Waals surface area contributed by atoms with Crippen molar-refractivity contribution in [2.75, 3.05) is 41.3 Å². The van der Waals surface area contributed by atoms with Gasteiger partial charge in [0.2, 0.25) is 5.91 Å². The minimum atomic E-state index is -0.191. The molecule has 2 heterocycles. The summed E-state index contributed by atoms with van der Waals surface area (Å²) < 4.78 is 13.9. The molecule has 3 rings (SSSR count). The van der Waals surface area contributed by atoms with Gasteiger partial charge in [-0.05, 0) is 37.1 Å². The van der Waals surface area contributed by atoms with Crippen molar-refractivity contribution in [1.29, 1.82) is 0 Å². The molecule has 7 heteroatoms. The molecule has 2 aromatic rings. The maximum atomic E-state index is 13.9. The number of benzene rings is 1. The number of halogens is 1. The Morgan fingerprint density at radius 1 is 1.04 bits per heavy atom. The fourth-order valence-corrected chi connectivity index (χ4v) is 3.33. The number of carbonyl (C=O) groups is 1. The summed E-state index contributed by atoms with van der Waals surface area (Å²) >= 11 is 0. The van der Waals surface area contributed by atoms with Gasteiger partial charge in [0.25, 0.3) is 0 Å². The predicted octanol–water partition coefficient (Wildman–Crippen LogP) is 3.32. The lowest BCUT2D eigenvalue weighted by atomic mass is 10.0. The monoisotopic (exact) mass is 371 g/mol. The van der Waals surface area contributed by atoms with Crippen molar-refractivity contribution in [2.45, 2.75) is 26.7 Å². The quantitative estimate of drug-likeness (QED) is 0.844. The molecule has 144 valence electrons. The van der Waals surface area contributed by atoms with Gasteiger partial charge in [0, 0.05) is 32.1 Å². The molecule has 1 aromatic heterocycles. The van der Waals surface area contributed by atoms with Gasteiger partial charge in [-0.15, -0.1) is 10.2 Å². The van der Waals surface area contributed by atoms with E-state index in [1.165, 1.54) is 6.07 Å². The molecule has 0 radical (unpaired) electrons. The van der Waals surface area contributed by atoms with Crippen molar-refractivity contribution in [3.8, 4) is 0 Å². The number of nitrogens with one attached hydrogen (secondary N) is 1. The third-order valence-corrected chi connectivity index (χ3v) is 5.05. The van der Waals surface area contributed by atoms with Crippen LogP contribution in [-0.4, -0.2) is 42.3 Å². The first-order valence-corrected chi connectivity index (χ1v) is 9.51. The first-order valence-electron chi connectivity index (χ1n) is 9.51. The molecular weight excluding hydrogens is 345 g/mol. The van der Waals surface area contributed by atoms with Gasteiger partial charge in [-0.25, -0.2) is 4.39 Å². The van der Waals surface area contributed by atoms with Crippen molar-refractivity contribution in [2.24, 2.45) is 5.92 Å². The second-order valence-electron chi connectivity index (χ2n) is 6.70. The molecule has 1 amide bonds. The summed E-state index contributed by atoms with van der Waals surface area (Å²) in [5.41, 5.74) is 0.641. The highest BCUT2D eigenvalue weighted by atomic mass is 19.1. The minimum Gasteiger partial charge on any atom is -0.366 e. The van der Waals surface area contributed by atoms with Crippen LogP contribution in [0, 0.1) is 11.7 Å². The SMILES string of the molecule is CCC(CC)C(=O)Nc1ccc(N2CCN(c3ccccc3F)CC2)nn1. The van der Waals surface area contributed by atoms with E-state index in [2.05, 4.69) is 20.4 Å². The summed E-state index contributed by atoms with van der Waals surface area (Å²) in [5, 5.41) is 11.2. The van der Waals surface area contributed by atoms with Gasteiger partial charge in [-0.2, -0.15) is 0 Å². The van der Waals surface area contributed by atoms with Crippen LogP contribution in [0.1, 0.15) is 26.7 Å². The number of hydrogen-bond donors (Lipinski definition) is 1. The lowest BCUT2D eigenvalue weighted by Crippen LogP contribution is -2.47. The molecule has 0 spiro atoms. The first kappa shape index (κ1) is 19.1. The van der Waals surface area contributed by atoms with Crippen molar-refractivity contribution < 1.29 is 9.18 Å². The number of aromatic nitrogens is 2. The van der Waals surface area contributed by atoms with E-state index < -0.39 is 0 Å². The van der Waals surface area contributed by atoms with Crippen LogP contribution < -0.4 is 15.1 Å². The average Bonchev–Trinajstić information content (AvgIpc) is 2.70. The highest BCUT2D eigenvalue weighted by Gasteiger charge is 2.21. The molecule has 1 aliphatic rings. The summed E-state index contributed by atoms with van der Waals surface area (Å²) in [6, 6.07) is 10.5. The zero-order valence-electron chi connectivity index (χ0n) is 15.9. The molecule has 0 aliphatic carbocycles. The van der Waals surface area contributed by atoms with E-state index in [-0.39, 0.29) is 17.6 Å². The number of amides is 1. The van der Waals surface area contributed by atoms with Crippen molar-refractivity contribution in [3.63, 3.8) is 0 Å². The van der Waals surface area contributed by atoms with Gasteiger partial charge < -0.3 is 15.1 Å². The fourth-order valence-electron chi connectivity index (χ4n) is 3.33. The number of hydrogen-bond acceptors (Lipinski definition) is 5. The minimum absolute atomic E-state index is 0.00191. The van der Waals surface area contributed by atoms with Crippen LogP contribution in [0.3, 0.4) is 0 Å². The molecule has 1 saturated heterocycles. The number of nitrogens with zero attached hydrogens (tertiary/aromatic N) is 4. The maximum absolute atomic E-state index is 13.9. The lowest BCUT2D eigenvalue weighted by molar-refractivity contribution is -0.120. The lowest BCUT2D eigenvalue weighted by Gasteiger charge is -2.36. The van der Waals surface area contributed by atoms with E-state index in [0.29, 0.717) is 11.5 Å². The van der Waals surface area contributed by atoms with Gasteiger partial charge in [-0.3, -0.25) is 4.79 Å². The normalized spacial score (nSPS) is 14.5. The van der Waals surface area contributed by atoms with E-state index in [9.17, 15) is 9.18 Å². The Labute approximate surface area is 159 Å². The molecule has 0 bridgehead atoms. The van der Waals surface area contributed by atoms with E-state index >= 15 is 0 Å². The van der Waals surface area contributed by atoms with Crippen LogP contribution in [0.25, 0.3) is 0 Å². The smallest absolute Gasteiger partial charge is 0.228 e. The summed E-state index contributed by atoms with van der Waals surface area (Å²) in [5.74, 6) is 1.03. The Kier molecular flexibility index (Phi) is 6.21. The summed E-state index contributed by atoms with van der Waals surface area (Å²) in [4.78, 5) is 16.3. The standard InChI is InChI=1S/C20H26FN5O/c1-3-15(4-2)20(27)22-18-9-10-19(24-23-18)26-13-11-25(12-14-26)17-8-6-5-7-16(17)21/h5-10,15H,3-4,11-14H2,1-2H3,(H,22,23,27). The van der Waals surface area contributed by atoms with Crippen molar-refractivity contribution >= 4 is 23.2 Å². The Bertz CT molecular complexity index is 755. The molecule has 1 aliphatic heterocycles. The summed E-state index contributed by atoms with van der Waals surface area (Å²) in [6.07, 6.45) is 1.61. The molecule has 1 fully saturated rings. The average molecular weight is 371 g/mol. The van der Waals surface area contributed by atoms with Crippen molar-refractivity contribution in [3.05, 3.63) is 42.2 Å². The second kappa shape index (κ2) is 8.79. The van der Waals surface area contributed by atoms with Gasteiger partial charge in [-0.1, -0.05) is 26.0 Å². The van der Waals surface area contributed by atoms with Gasteiger partial charge in [0.1, 0.15) is 5.82 Å². The number of rotatable bonds is 6. The van der Waals surface area contributed by atoms with E-state index in [4.69, 9.17) is 0 Å². The highest BCUT2D eigenvalue weighted by Crippen LogP contribution is 2.22. The van der Waals surface area contributed by atoms with Crippen LogP contribution >= 0.6 is 0 Å². The topological polar surface area (TPSA) is 61.4 Å². The third kappa shape index (κ3) is 4.53. The molecular formula is C20H26FN5O. The van der Waals surface area contributed by atoms with Gasteiger partial charge in [0.05, 0.1) is 5.69 Å². The van der Waals surface area contributed by atoms with Crippen LogP contribution in [0.4, 0.5) is 21.7 Å². The van der Waals surface area contributed by atoms with Crippen LogP contribution in [0.2, 0.25) is 0 Å². The molecule has 27 heavy (non-hydrogen) atoms. The van der Waals surface area contributed by atoms with E-state index in [1.54, 1.807) is 12.1 Å². The zero-order chi connectivity index (χ0) is 19.2. The molecule has 1 aromatic carbocycles. The molecule has 6 nitrogen and oxygen atoms in total. The maximum Gasteiger partial charge on any atom is 0.228 e. The molecule has 1 N–H and O–H groups in total. The van der Waals surface area contributed by atoms with Gasteiger partial charge in [0.15, 0.2) is 11.6 Å². The summed E-state index contributed by atoms with van der Waals surface area (Å²) in [6.45, 7) is 6.92. The number of para-hydroxylation sites is 1. The highest BCUT2D eigenvalue weighted by molar-refractivity contribution is 5.91. The second-order valence-corrected chi connectivity index (χ2v) is 6.70. The Morgan fingerprint density at radius 2 is 1.70 bits per heavy atom. The molecule has 0 atom stereocenters. The summed E-state index contributed by atoms with van der Waals surface area (Å²) in [7, 11) is 0. The molecule has 0 saturated carbocycles. The number of carbonyl (C=O) groups excluding carboxylic acids is 1. The first-order chi connectivity index (χ1) is 13.1. The van der Waals surface area contributed by atoms with E-state index in [0.717, 1.165) is 44.8 Å². The third-order valence-electron chi connectivity index (χ3n) is 5.05. The van der Waals surface area contributed by atoms with E-state index in [1.807, 2.05) is 36.9 Å². The largest absolute Gasteiger partial charge is 0.366 e. The fraction of sp³-hybridized carbons (Fsp3) is 0.450. The Hall–Kier alpha value is -2.70. The Balaban J connectivity index is 1.57. The zero-order valence-corrected chi connectivity index (χ0v) is 15.9. The van der Waals surface area contributed by atoms with Crippen LogP contribution in [-0.2, 0) is 4.79 Å². The van der Waals surface area contributed by atoms with Crippen LogP contribution in [0.15, 0.2) is 36.4 Å². The van der Waals surface area contributed by atoms with Crippen LogP contribution in [0.5, 0.6) is 0 Å². The van der Waals surface area contributed by atoms with Gasteiger partial charge >= 0.3 is 0 Å². The predicted molar refractivity (Wildman–Crippen MR) is 106 cm³/mol. The van der Waals surface area contributed by atoms with Crippen molar-refractivity contribution in [1.82, 2.24) is 10.2 Å². The number of piperazine rings is 1. The number of anilines is 3. The Morgan fingerprint density at radius 3 is 2.30 bits per heavy atom.